The van der Waals surface area contributed by atoms with Crippen LogP contribution in [-0.2, 0) is 6.61 Å². The molecule has 0 spiro atoms. The predicted octanol–water partition coefficient (Wildman–Crippen LogP) is 2.63. The summed E-state index contributed by atoms with van der Waals surface area (Å²) in [6, 6.07) is 19.6. The molecule has 0 atom stereocenters. The van der Waals surface area contributed by atoms with E-state index in [0.29, 0.717) is 27.0 Å². The standard InChI is InChI=1S/C21H17N3O3/c1-15-9-11-16(12-10-15)20-21(25)24(27-14-17-6-4-5-13-22-17)19-8-3-2-7-18(19)23(20)26/h2-13H,14H2,1H3. The molecule has 6 heteroatoms. The molecule has 0 aliphatic heterocycles. The Morgan fingerprint density at radius 1 is 1.04 bits per heavy atom. The van der Waals surface area contributed by atoms with Crippen LogP contribution in [0.5, 0.6) is 0 Å². The Kier molecular flexibility index (Phi) is 4.30. The highest BCUT2D eigenvalue weighted by Crippen LogP contribution is 2.16. The van der Waals surface area contributed by atoms with Crippen molar-refractivity contribution in [1.82, 2.24) is 9.71 Å². The van der Waals surface area contributed by atoms with Crippen LogP contribution in [0.3, 0.4) is 0 Å². The first-order valence-corrected chi connectivity index (χ1v) is 8.53. The fourth-order valence-electron chi connectivity index (χ4n) is 2.92. The second-order valence-electron chi connectivity index (χ2n) is 6.19. The van der Waals surface area contributed by atoms with Gasteiger partial charge in [-0.1, -0.05) is 35.9 Å². The van der Waals surface area contributed by atoms with Gasteiger partial charge in [0.05, 0.1) is 11.3 Å². The maximum absolute atomic E-state index is 13.1. The smallest absolute Gasteiger partial charge is 0.357 e. The first-order chi connectivity index (χ1) is 13.1. The summed E-state index contributed by atoms with van der Waals surface area (Å²) in [5.74, 6) is 0. The largest absolute Gasteiger partial charge is 0.618 e. The third kappa shape index (κ3) is 3.13. The van der Waals surface area contributed by atoms with Gasteiger partial charge in [0.25, 0.3) is 5.69 Å². The lowest BCUT2D eigenvalue weighted by Crippen LogP contribution is -2.42. The summed E-state index contributed by atoms with van der Waals surface area (Å²) in [4.78, 5) is 23.1. The number of aryl methyl sites for hydroxylation is 1. The molecule has 0 fully saturated rings. The summed E-state index contributed by atoms with van der Waals surface area (Å²) in [5, 5.41) is 12.9. The first-order valence-electron chi connectivity index (χ1n) is 8.53. The quantitative estimate of drug-likeness (QED) is 0.415. The number of nitrogens with zero attached hydrogens (tertiary/aromatic N) is 3. The fourth-order valence-corrected chi connectivity index (χ4v) is 2.92. The zero-order valence-electron chi connectivity index (χ0n) is 14.7. The highest BCUT2D eigenvalue weighted by atomic mass is 16.7. The highest BCUT2D eigenvalue weighted by Gasteiger charge is 2.23. The molecule has 0 unspecified atom stereocenters. The topological polar surface area (TPSA) is 71.1 Å². The average Bonchev–Trinajstić information content (AvgIpc) is 2.70. The zero-order chi connectivity index (χ0) is 18.8. The molecule has 134 valence electrons. The molecule has 27 heavy (non-hydrogen) atoms. The summed E-state index contributed by atoms with van der Waals surface area (Å²) < 4.78 is 1.84. The number of fused-ring (bicyclic) bond motifs is 1. The van der Waals surface area contributed by atoms with Gasteiger partial charge in [0.15, 0.2) is 12.1 Å². The van der Waals surface area contributed by atoms with E-state index in [1.165, 1.54) is 4.73 Å². The molecule has 0 aliphatic rings. The number of rotatable bonds is 4. The molecule has 2 aromatic heterocycles. The minimum absolute atomic E-state index is 0.0229. The predicted molar refractivity (Wildman–Crippen MR) is 102 cm³/mol. The van der Waals surface area contributed by atoms with E-state index >= 15 is 0 Å². The molecular weight excluding hydrogens is 342 g/mol. The van der Waals surface area contributed by atoms with Crippen molar-refractivity contribution in [2.75, 3.05) is 0 Å². The van der Waals surface area contributed by atoms with Crippen molar-refractivity contribution in [3.63, 3.8) is 0 Å². The van der Waals surface area contributed by atoms with Gasteiger partial charge in [-0.15, -0.1) is 4.73 Å². The molecule has 4 aromatic rings. The van der Waals surface area contributed by atoms with Gasteiger partial charge >= 0.3 is 5.56 Å². The number of aromatic nitrogens is 3. The molecule has 2 heterocycles. The minimum atomic E-state index is -0.511. The molecule has 0 aliphatic carbocycles. The summed E-state index contributed by atoms with van der Waals surface area (Å²) >= 11 is 0. The highest BCUT2D eigenvalue weighted by molar-refractivity contribution is 5.73. The van der Waals surface area contributed by atoms with Crippen LogP contribution in [0.1, 0.15) is 11.3 Å². The third-order valence-corrected chi connectivity index (χ3v) is 4.30. The number of benzene rings is 2. The third-order valence-electron chi connectivity index (χ3n) is 4.30. The van der Waals surface area contributed by atoms with E-state index < -0.39 is 5.56 Å². The van der Waals surface area contributed by atoms with Gasteiger partial charge in [0.1, 0.15) is 0 Å². The fraction of sp³-hybridized carbons (Fsp3) is 0.0952. The lowest BCUT2D eigenvalue weighted by molar-refractivity contribution is -0.566. The van der Waals surface area contributed by atoms with Crippen LogP contribution in [0.4, 0.5) is 0 Å². The van der Waals surface area contributed by atoms with E-state index in [2.05, 4.69) is 4.98 Å². The normalized spacial score (nSPS) is 10.9. The Balaban J connectivity index is 1.89. The second kappa shape index (κ2) is 6.92. The van der Waals surface area contributed by atoms with Gasteiger partial charge in [-0.3, -0.25) is 9.78 Å². The van der Waals surface area contributed by atoms with Crippen molar-refractivity contribution in [3.8, 4) is 11.3 Å². The van der Waals surface area contributed by atoms with Gasteiger partial charge in [-0.2, -0.15) is 4.73 Å². The molecular formula is C21H17N3O3. The zero-order valence-corrected chi connectivity index (χ0v) is 14.7. The Hall–Kier alpha value is -3.67. The van der Waals surface area contributed by atoms with Crippen molar-refractivity contribution >= 4 is 11.0 Å². The number of para-hydroxylation sites is 2. The Labute approximate surface area is 155 Å². The molecule has 2 aromatic carbocycles. The van der Waals surface area contributed by atoms with Gasteiger partial charge in [0.2, 0.25) is 5.52 Å². The number of pyridine rings is 1. The molecule has 0 radical (unpaired) electrons. The molecule has 4 rings (SSSR count). The summed E-state index contributed by atoms with van der Waals surface area (Å²) in [5.41, 5.74) is 2.55. The Bertz CT molecular complexity index is 1150. The van der Waals surface area contributed by atoms with Crippen molar-refractivity contribution in [3.05, 3.63) is 99.7 Å². The van der Waals surface area contributed by atoms with E-state index in [9.17, 15) is 10.0 Å². The first kappa shape index (κ1) is 16.8. The van der Waals surface area contributed by atoms with Crippen LogP contribution >= 0.6 is 0 Å². The van der Waals surface area contributed by atoms with Crippen LogP contribution in [-0.4, -0.2) is 9.71 Å². The number of hydrogen-bond donors (Lipinski definition) is 0. The van der Waals surface area contributed by atoms with Gasteiger partial charge in [-0.05, 0) is 37.3 Å². The van der Waals surface area contributed by atoms with Crippen LogP contribution in [0.2, 0.25) is 0 Å². The lowest BCUT2D eigenvalue weighted by Gasteiger charge is -2.14. The van der Waals surface area contributed by atoms with E-state index in [1.807, 2.05) is 37.3 Å². The SMILES string of the molecule is Cc1ccc(-c2c(=O)n(OCc3ccccn3)c3ccccc3[n+]2[O-])cc1. The molecule has 0 saturated heterocycles. The second-order valence-corrected chi connectivity index (χ2v) is 6.19. The van der Waals surface area contributed by atoms with Crippen molar-refractivity contribution in [2.24, 2.45) is 0 Å². The monoisotopic (exact) mass is 359 g/mol. The van der Waals surface area contributed by atoms with E-state index in [1.54, 1.807) is 42.6 Å². The summed E-state index contributed by atoms with van der Waals surface area (Å²) in [7, 11) is 0. The van der Waals surface area contributed by atoms with E-state index in [-0.39, 0.29) is 12.3 Å². The molecule has 6 nitrogen and oxygen atoms in total. The molecule has 0 amide bonds. The maximum atomic E-state index is 13.1. The van der Waals surface area contributed by atoms with Gasteiger partial charge in [-0.25, -0.2) is 0 Å². The van der Waals surface area contributed by atoms with Gasteiger partial charge in [0, 0.05) is 12.3 Å². The molecule has 0 bridgehead atoms. The van der Waals surface area contributed by atoms with Crippen LogP contribution in [0, 0.1) is 12.1 Å². The van der Waals surface area contributed by atoms with Crippen LogP contribution < -0.4 is 15.1 Å². The average molecular weight is 359 g/mol. The number of hydrogen-bond acceptors (Lipinski definition) is 4. The minimum Gasteiger partial charge on any atom is -0.618 e. The van der Waals surface area contributed by atoms with Crippen molar-refractivity contribution in [2.45, 2.75) is 13.5 Å². The molecule has 0 N–H and O–H groups in total. The Morgan fingerprint density at radius 2 is 1.78 bits per heavy atom. The summed E-state index contributed by atoms with van der Waals surface area (Å²) in [6.07, 6.45) is 1.66. The van der Waals surface area contributed by atoms with Gasteiger partial charge < -0.3 is 10.0 Å². The van der Waals surface area contributed by atoms with Crippen LogP contribution in [0.15, 0.2) is 77.7 Å². The van der Waals surface area contributed by atoms with Crippen molar-refractivity contribution in [1.29, 1.82) is 0 Å². The van der Waals surface area contributed by atoms with E-state index in [0.717, 1.165) is 5.56 Å². The summed E-state index contributed by atoms with van der Waals surface area (Å²) in [6.45, 7) is 2.06. The maximum Gasteiger partial charge on any atom is 0.357 e. The van der Waals surface area contributed by atoms with E-state index in [4.69, 9.17) is 4.84 Å². The Morgan fingerprint density at radius 3 is 2.52 bits per heavy atom. The van der Waals surface area contributed by atoms with Crippen LogP contribution in [0.25, 0.3) is 22.3 Å². The van der Waals surface area contributed by atoms with Crippen molar-refractivity contribution < 1.29 is 9.57 Å². The lowest BCUT2D eigenvalue weighted by atomic mass is 10.1. The molecule has 0 saturated carbocycles.